The van der Waals surface area contributed by atoms with Gasteiger partial charge in [0.1, 0.15) is 5.75 Å². The molecule has 0 aliphatic heterocycles. The Balaban J connectivity index is 1.83. The fraction of sp³-hybridized carbons (Fsp3) is 0.0625. The van der Waals surface area contributed by atoms with Crippen molar-refractivity contribution < 1.29 is 26.3 Å². The van der Waals surface area contributed by atoms with Crippen molar-refractivity contribution in [2.45, 2.75) is 11.3 Å². The summed E-state index contributed by atoms with van der Waals surface area (Å²) in [6.45, 7) is 0. The van der Waals surface area contributed by atoms with Crippen molar-refractivity contribution in [2.24, 2.45) is 0 Å². The van der Waals surface area contributed by atoms with Crippen LogP contribution >= 0.6 is 0 Å². The van der Waals surface area contributed by atoms with Crippen LogP contribution in [0.5, 0.6) is 5.75 Å². The Morgan fingerprint density at radius 3 is 2.40 bits per heavy atom. The first-order valence-electron chi connectivity index (χ1n) is 6.96. The molecule has 5 nitrogen and oxygen atoms in total. The minimum atomic E-state index is -4.84. The Bertz CT molecular complexity index is 1000. The van der Waals surface area contributed by atoms with Crippen LogP contribution in [0.25, 0.3) is 10.9 Å². The Morgan fingerprint density at radius 2 is 1.72 bits per heavy atom. The van der Waals surface area contributed by atoms with E-state index in [9.17, 15) is 21.6 Å². The Kier molecular flexibility index (Phi) is 4.25. The molecule has 1 aromatic heterocycles. The number of hydrogen-bond acceptors (Lipinski definition) is 4. The van der Waals surface area contributed by atoms with E-state index in [0.717, 1.165) is 29.7 Å². The van der Waals surface area contributed by atoms with Gasteiger partial charge >= 0.3 is 6.36 Å². The fourth-order valence-electron chi connectivity index (χ4n) is 2.17. The molecular weight excluding hydrogens is 357 g/mol. The molecule has 2 aromatic carbocycles. The van der Waals surface area contributed by atoms with Crippen LogP contribution in [0.3, 0.4) is 0 Å². The van der Waals surface area contributed by atoms with E-state index in [1.165, 1.54) is 0 Å². The highest BCUT2D eigenvalue weighted by atomic mass is 32.2. The lowest BCUT2D eigenvalue weighted by molar-refractivity contribution is -0.274. The van der Waals surface area contributed by atoms with Gasteiger partial charge in [0.25, 0.3) is 10.0 Å². The normalized spacial score (nSPS) is 12.1. The summed E-state index contributed by atoms with van der Waals surface area (Å²) in [6.07, 6.45) is -3.21. The number of halogens is 3. The summed E-state index contributed by atoms with van der Waals surface area (Å²) in [5, 5.41) is 0.747. The van der Waals surface area contributed by atoms with E-state index >= 15 is 0 Å². The molecule has 0 spiro atoms. The molecule has 0 bridgehead atoms. The first kappa shape index (κ1) is 17.0. The number of alkyl halides is 3. The molecule has 1 heterocycles. The lowest BCUT2D eigenvalue weighted by Crippen LogP contribution is -2.17. The summed E-state index contributed by atoms with van der Waals surface area (Å²) in [4.78, 5) is 3.95. The molecule has 0 fully saturated rings. The van der Waals surface area contributed by atoms with Gasteiger partial charge in [-0.25, -0.2) is 8.42 Å². The lowest BCUT2D eigenvalue weighted by Gasteiger charge is -2.11. The van der Waals surface area contributed by atoms with Crippen molar-refractivity contribution >= 4 is 26.6 Å². The predicted octanol–water partition coefficient (Wildman–Crippen LogP) is 3.93. The average molecular weight is 368 g/mol. The second kappa shape index (κ2) is 6.25. The van der Waals surface area contributed by atoms with Crippen LogP contribution in [-0.4, -0.2) is 19.8 Å². The Morgan fingerprint density at radius 1 is 1.00 bits per heavy atom. The third kappa shape index (κ3) is 4.18. The number of benzene rings is 2. The second-order valence-corrected chi connectivity index (χ2v) is 6.72. The van der Waals surface area contributed by atoms with Gasteiger partial charge in [0.15, 0.2) is 0 Å². The number of fused-ring (bicyclic) bond motifs is 1. The summed E-state index contributed by atoms with van der Waals surface area (Å²) in [5.74, 6) is -0.497. The summed E-state index contributed by atoms with van der Waals surface area (Å²) < 4.78 is 67.2. The number of pyridine rings is 1. The van der Waals surface area contributed by atoms with E-state index in [1.807, 2.05) is 0 Å². The maximum absolute atomic E-state index is 12.3. The van der Waals surface area contributed by atoms with Crippen LogP contribution < -0.4 is 9.46 Å². The molecule has 130 valence electrons. The second-order valence-electron chi connectivity index (χ2n) is 5.04. The zero-order valence-corrected chi connectivity index (χ0v) is 13.3. The third-order valence-electron chi connectivity index (χ3n) is 3.22. The summed E-state index contributed by atoms with van der Waals surface area (Å²) in [7, 11) is -3.95. The van der Waals surface area contributed by atoms with Crippen LogP contribution in [0.4, 0.5) is 18.9 Å². The number of sulfonamides is 1. The quantitative estimate of drug-likeness (QED) is 0.758. The molecule has 0 amide bonds. The van der Waals surface area contributed by atoms with Crippen LogP contribution in [-0.2, 0) is 10.0 Å². The maximum atomic E-state index is 12.3. The van der Waals surface area contributed by atoms with E-state index in [1.54, 1.807) is 36.5 Å². The summed E-state index contributed by atoms with van der Waals surface area (Å²) in [5.41, 5.74) is 1.02. The summed E-state index contributed by atoms with van der Waals surface area (Å²) in [6, 6.07) is 12.3. The van der Waals surface area contributed by atoms with Gasteiger partial charge in [-0.2, -0.15) is 0 Å². The van der Waals surface area contributed by atoms with Crippen LogP contribution in [0, 0.1) is 0 Å². The number of nitrogens with zero attached hydrogens (tertiary/aromatic N) is 1. The van der Waals surface area contributed by atoms with Crippen LogP contribution in [0.15, 0.2) is 65.7 Å². The third-order valence-corrected chi connectivity index (χ3v) is 4.62. The fourth-order valence-corrected chi connectivity index (χ4v) is 3.22. The Hall–Kier alpha value is -2.81. The van der Waals surface area contributed by atoms with E-state index in [-0.39, 0.29) is 4.90 Å². The molecule has 3 aromatic rings. The molecule has 9 heteroatoms. The van der Waals surface area contributed by atoms with Crippen molar-refractivity contribution in [3.63, 3.8) is 0 Å². The van der Waals surface area contributed by atoms with Gasteiger partial charge in [0.05, 0.1) is 10.4 Å². The molecular formula is C16H11F3N2O3S. The van der Waals surface area contributed by atoms with Crippen LogP contribution in [0.1, 0.15) is 0 Å². The molecule has 25 heavy (non-hydrogen) atoms. The van der Waals surface area contributed by atoms with Gasteiger partial charge in [-0.05, 0) is 48.5 Å². The van der Waals surface area contributed by atoms with E-state index in [2.05, 4.69) is 14.4 Å². The van der Waals surface area contributed by atoms with Gasteiger partial charge in [0, 0.05) is 17.3 Å². The highest BCUT2D eigenvalue weighted by Crippen LogP contribution is 2.25. The molecule has 0 radical (unpaired) electrons. The van der Waals surface area contributed by atoms with Gasteiger partial charge in [-0.15, -0.1) is 13.2 Å². The van der Waals surface area contributed by atoms with E-state index in [0.29, 0.717) is 11.2 Å². The molecule has 3 rings (SSSR count). The van der Waals surface area contributed by atoms with E-state index in [4.69, 9.17) is 0 Å². The largest absolute Gasteiger partial charge is 0.573 e. The molecule has 0 unspecified atom stereocenters. The van der Waals surface area contributed by atoms with Crippen molar-refractivity contribution in [1.29, 1.82) is 0 Å². The van der Waals surface area contributed by atoms with Crippen LogP contribution in [0.2, 0.25) is 0 Å². The Labute approximate surface area is 141 Å². The molecule has 0 saturated heterocycles. The smallest absolute Gasteiger partial charge is 0.406 e. The molecule has 1 N–H and O–H groups in total. The first-order valence-corrected chi connectivity index (χ1v) is 8.45. The summed E-state index contributed by atoms with van der Waals surface area (Å²) >= 11 is 0. The highest BCUT2D eigenvalue weighted by Gasteiger charge is 2.31. The number of nitrogens with one attached hydrogen (secondary N) is 1. The van der Waals surface area contributed by atoms with Crippen molar-refractivity contribution in [1.82, 2.24) is 4.98 Å². The van der Waals surface area contributed by atoms with Crippen molar-refractivity contribution in [3.05, 3.63) is 60.8 Å². The number of aromatic nitrogens is 1. The van der Waals surface area contributed by atoms with Gasteiger partial charge in [-0.3, -0.25) is 9.71 Å². The molecule has 0 saturated carbocycles. The highest BCUT2D eigenvalue weighted by molar-refractivity contribution is 7.92. The number of ether oxygens (including phenoxy) is 1. The number of anilines is 1. The van der Waals surface area contributed by atoms with Gasteiger partial charge in [0.2, 0.25) is 0 Å². The number of rotatable bonds is 4. The number of hydrogen-bond donors (Lipinski definition) is 1. The zero-order chi connectivity index (χ0) is 18.1. The topological polar surface area (TPSA) is 68.3 Å². The van der Waals surface area contributed by atoms with Gasteiger partial charge < -0.3 is 4.74 Å². The standard InChI is InChI=1S/C16H11F3N2O3S/c17-16(18,19)24-13-4-6-14(7-5-13)25(22,23)21-12-3-8-15-11(10-12)2-1-9-20-15/h1-10,21H. The minimum absolute atomic E-state index is 0.187. The van der Waals surface area contributed by atoms with E-state index < -0.39 is 22.1 Å². The minimum Gasteiger partial charge on any atom is -0.406 e. The average Bonchev–Trinajstić information content (AvgIpc) is 2.53. The maximum Gasteiger partial charge on any atom is 0.573 e. The van der Waals surface area contributed by atoms with Crippen molar-refractivity contribution in [3.8, 4) is 5.75 Å². The zero-order valence-electron chi connectivity index (χ0n) is 12.5. The lowest BCUT2D eigenvalue weighted by atomic mass is 10.2. The van der Waals surface area contributed by atoms with Gasteiger partial charge in [-0.1, -0.05) is 6.07 Å². The molecule has 0 atom stereocenters. The predicted molar refractivity (Wildman–Crippen MR) is 85.7 cm³/mol. The SMILES string of the molecule is O=S(=O)(Nc1ccc2ncccc2c1)c1ccc(OC(F)(F)F)cc1. The molecule has 0 aliphatic carbocycles. The molecule has 0 aliphatic rings. The van der Waals surface area contributed by atoms with Crippen molar-refractivity contribution in [2.75, 3.05) is 4.72 Å². The first-order chi connectivity index (χ1) is 11.7. The monoisotopic (exact) mass is 368 g/mol.